The average Bonchev–Trinajstić information content (AvgIpc) is 2.15. The minimum atomic E-state index is 0.673. The van der Waals surface area contributed by atoms with E-state index in [2.05, 4.69) is 22.6 Å². The maximum atomic E-state index is 5.42. The fourth-order valence-corrected chi connectivity index (χ4v) is 2.14. The molecule has 2 N–H and O–H groups in total. The summed E-state index contributed by atoms with van der Waals surface area (Å²) in [6, 6.07) is 0. The molecular formula is C11H22INS. The van der Waals surface area contributed by atoms with E-state index >= 15 is 0 Å². The van der Waals surface area contributed by atoms with Crippen molar-refractivity contribution in [3.05, 3.63) is 0 Å². The molecule has 0 spiro atoms. The second-order valence-corrected chi connectivity index (χ2v) is 5.34. The van der Waals surface area contributed by atoms with Crippen LogP contribution in [0.2, 0.25) is 0 Å². The minimum absolute atomic E-state index is 0.673. The van der Waals surface area contributed by atoms with Crippen molar-refractivity contribution in [2.45, 2.75) is 57.8 Å². The SMILES string of the molecule is NC(=S)CCCCCCCCCCI. The van der Waals surface area contributed by atoms with Gasteiger partial charge in [-0.2, -0.15) is 0 Å². The first kappa shape index (κ1) is 14.6. The lowest BCUT2D eigenvalue weighted by Crippen LogP contribution is -2.06. The third kappa shape index (κ3) is 12.6. The highest BCUT2D eigenvalue weighted by atomic mass is 127. The summed E-state index contributed by atoms with van der Waals surface area (Å²) in [4.78, 5) is 0.673. The van der Waals surface area contributed by atoms with Crippen molar-refractivity contribution in [3.63, 3.8) is 0 Å². The van der Waals surface area contributed by atoms with Gasteiger partial charge in [-0.25, -0.2) is 0 Å². The van der Waals surface area contributed by atoms with Crippen molar-refractivity contribution in [3.8, 4) is 0 Å². The van der Waals surface area contributed by atoms with Crippen LogP contribution in [0, 0.1) is 0 Å². The van der Waals surface area contributed by atoms with Crippen LogP contribution in [0.25, 0.3) is 0 Å². The summed E-state index contributed by atoms with van der Waals surface area (Å²) in [6.45, 7) is 0. The van der Waals surface area contributed by atoms with E-state index in [1.807, 2.05) is 0 Å². The number of unbranched alkanes of at least 4 members (excludes halogenated alkanes) is 7. The van der Waals surface area contributed by atoms with Crippen molar-refractivity contribution < 1.29 is 0 Å². The van der Waals surface area contributed by atoms with E-state index in [0.717, 1.165) is 6.42 Å². The summed E-state index contributed by atoms with van der Waals surface area (Å²) in [6.07, 6.45) is 11.8. The molecule has 0 radical (unpaired) electrons. The van der Waals surface area contributed by atoms with E-state index in [-0.39, 0.29) is 0 Å². The number of hydrogen-bond donors (Lipinski definition) is 1. The maximum Gasteiger partial charge on any atom is 0.0727 e. The molecule has 0 aromatic heterocycles. The molecule has 0 unspecified atom stereocenters. The topological polar surface area (TPSA) is 26.0 Å². The van der Waals surface area contributed by atoms with E-state index in [9.17, 15) is 0 Å². The summed E-state index contributed by atoms with van der Waals surface area (Å²) < 4.78 is 1.31. The normalized spacial score (nSPS) is 10.4. The van der Waals surface area contributed by atoms with Gasteiger partial charge >= 0.3 is 0 Å². The van der Waals surface area contributed by atoms with Gasteiger partial charge in [-0.1, -0.05) is 73.3 Å². The first-order chi connectivity index (χ1) is 6.77. The molecule has 0 heterocycles. The van der Waals surface area contributed by atoms with Crippen LogP contribution < -0.4 is 5.73 Å². The Hall–Kier alpha value is 0.620. The fraction of sp³-hybridized carbons (Fsp3) is 0.909. The maximum absolute atomic E-state index is 5.42. The van der Waals surface area contributed by atoms with E-state index in [1.54, 1.807) is 0 Å². The molecule has 0 aliphatic heterocycles. The number of hydrogen-bond acceptors (Lipinski definition) is 1. The second kappa shape index (κ2) is 11.7. The smallest absolute Gasteiger partial charge is 0.0727 e. The summed E-state index contributed by atoms with van der Waals surface area (Å²) in [5.74, 6) is 0. The third-order valence-corrected chi connectivity index (χ3v) is 3.27. The molecule has 0 atom stereocenters. The number of thiocarbonyl (C=S) groups is 1. The molecule has 1 nitrogen and oxygen atoms in total. The van der Waals surface area contributed by atoms with E-state index in [0.29, 0.717) is 4.99 Å². The molecule has 84 valence electrons. The van der Waals surface area contributed by atoms with Crippen LogP contribution in [0.5, 0.6) is 0 Å². The highest BCUT2D eigenvalue weighted by molar-refractivity contribution is 14.1. The zero-order valence-electron chi connectivity index (χ0n) is 8.93. The van der Waals surface area contributed by atoms with Crippen LogP contribution in [0.15, 0.2) is 0 Å². The molecule has 14 heavy (non-hydrogen) atoms. The Labute approximate surface area is 107 Å². The molecule has 0 fully saturated rings. The predicted octanol–water partition coefficient (Wildman–Crippen LogP) is 4.22. The Morgan fingerprint density at radius 3 is 1.71 bits per heavy atom. The monoisotopic (exact) mass is 327 g/mol. The summed E-state index contributed by atoms with van der Waals surface area (Å²) in [7, 11) is 0. The van der Waals surface area contributed by atoms with Crippen LogP contribution in [0.4, 0.5) is 0 Å². The first-order valence-electron chi connectivity index (χ1n) is 5.61. The van der Waals surface area contributed by atoms with E-state index < -0.39 is 0 Å². The zero-order chi connectivity index (χ0) is 10.6. The minimum Gasteiger partial charge on any atom is -0.393 e. The number of halogens is 1. The van der Waals surface area contributed by atoms with Gasteiger partial charge in [0.25, 0.3) is 0 Å². The number of alkyl halides is 1. The van der Waals surface area contributed by atoms with Crippen molar-refractivity contribution in [1.29, 1.82) is 0 Å². The lowest BCUT2D eigenvalue weighted by molar-refractivity contribution is 0.582. The molecule has 0 bridgehead atoms. The highest BCUT2D eigenvalue weighted by Gasteiger charge is 1.93. The molecular weight excluding hydrogens is 305 g/mol. The van der Waals surface area contributed by atoms with E-state index in [4.69, 9.17) is 18.0 Å². The zero-order valence-corrected chi connectivity index (χ0v) is 11.9. The largest absolute Gasteiger partial charge is 0.393 e. The van der Waals surface area contributed by atoms with Gasteiger partial charge in [-0.05, 0) is 23.7 Å². The van der Waals surface area contributed by atoms with Gasteiger partial charge in [0.1, 0.15) is 0 Å². The molecule has 0 saturated carbocycles. The molecule has 0 rings (SSSR count). The quantitative estimate of drug-likeness (QED) is 0.281. The third-order valence-electron chi connectivity index (χ3n) is 2.31. The number of rotatable bonds is 10. The second-order valence-electron chi connectivity index (χ2n) is 3.73. The van der Waals surface area contributed by atoms with E-state index in [1.165, 1.54) is 55.8 Å². The Bertz CT molecular complexity index is 139. The van der Waals surface area contributed by atoms with Gasteiger partial charge in [-0.3, -0.25) is 0 Å². The molecule has 0 aliphatic rings. The predicted molar refractivity (Wildman–Crippen MR) is 77.2 cm³/mol. The van der Waals surface area contributed by atoms with Crippen molar-refractivity contribution >= 4 is 39.8 Å². The van der Waals surface area contributed by atoms with Gasteiger partial charge in [-0.15, -0.1) is 0 Å². The van der Waals surface area contributed by atoms with Crippen molar-refractivity contribution in [2.75, 3.05) is 4.43 Å². The molecule has 0 aromatic rings. The van der Waals surface area contributed by atoms with Crippen LogP contribution in [0.3, 0.4) is 0 Å². The summed E-state index contributed by atoms with van der Waals surface area (Å²) in [5, 5.41) is 0. The number of nitrogens with two attached hydrogens (primary N) is 1. The van der Waals surface area contributed by atoms with Gasteiger partial charge in [0, 0.05) is 0 Å². The highest BCUT2D eigenvalue weighted by Crippen LogP contribution is 2.10. The lowest BCUT2D eigenvalue weighted by Gasteiger charge is -2.01. The van der Waals surface area contributed by atoms with Gasteiger partial charge < -0.3 is 5.73 Å². The first-order valence-corrected chi connectivity index (χ1v) is 7.55. The standard InChI is InChI=1S/C11H22INS/c12-10-8-6-4-2-1-3-5-7-9-11(13)14/h1-10H2,(H2,13,14). The Kier molecular flexibility index (Phi) is 12.2. The molecule has 0 aliphatic carbocycles. The van der Waals surface area contributed by atoms with Crippen LogP contribution >= 0.6 is 34.8 Å². The fourth-order valence-electron chi connectivity index (χ4n) is 1.45. The summed E-state index contributed by atoms with van der Waals surface area (Å²) in [5.41, 5.74) is 5.42. The Morgan fingerprint density at radius 1 is 0.857 bits per heavy atom. The van der Waals surface area contributed by atoms with Gasteiger partial charge in [0.05, 0.1) is 4.99 Å². The van der Waals surface area contributed by atoms with Crippen LogP contribution in [-0.2, 0) is 0 Å². The van der Waals surface area contributed by atoms with Crippen molar-refractivity contribution in [2.24, 2.45) is 5.73 Å². The molecule has 0 aromatic carbocycles. The molecule has 0 saturated heterocycles. The van der Waals surface area contributed by atoms with Crippen LogP contribution in [0.1, 0.15) is 57.8 Å². The van der Waals surface area contributed by atoms with Gasteiger partial charge in [0.15, 0.2) is 0 Å². The molecule has 0 amide bonds. The van der Waals surface area contributed by atoms with Crippen molar-refractivity contribution in [1.82, 2.24) is 0 Å². The Morgan fingerprint density at radius 2 is 1.29 bits per heavy atom. The lowest BCUT2D eigenvalue weighted by atomic mass is 10.1. The van der Waals surface area contributed by atoms with Crippen LogP contribution in [-0.4, -0.2) is 9.42 Å². The Balaban J connectivity index is 2.88. The average molecular weight is 327 g/mol. The summed E-state index contributed by atoms with van der Waals surface area (Å²) >= 11 is 7.27. The molecule has 3 heteroatoms. The van der Waals surface area contributed by atoms with Gasteiger partial charge in [0.2, 0.25) is 0 Å².